The van der Waals surface area contributed by atoms with Crippen LogP contribution in [0.15, 0.2) is 96.1 Å². The average molecular weight is 915 g/mol. The third-order valence-electron chi connectivity index (χ3n) is 12.3. The van der Waals surface area contributed by atoms with Crippen molar-refractivity contribution in [2.45, 2.75) is 114 Å². The summed E-state index contributed by atoms with van der Waals surface area (Å²) < 4.78 is 0.0962. The number of unbranched alkanes of at least 4 members (excludes halogenated alkanes) is 2. The molecule has 0 spiro atoms. The molecule has 4 aromatic rings. The summed E-state index contributed by atoms with van der Waals surface area (Å²) in [6, 6.07) is 32.2. The van der Waals surface area contributed by atoms with Gasteiger partial charge in [0.2, 0.25) is 0 Å². The minimum atomic E-state index is -5.20. The molecule has 275 valence electrons. The number of rotatable bonds is 11. The maximum absolute atomic E-state index is 8.96. The molecule has 0 nitrogen and oxygen atoms in total. The van der Waals surface area contributed by atoms with Crippen LogP contribution in [-0.4, -0.2) is 5.98 Å². The van der Waals surface area contributed by atoms with E-state index in [9.17, 15) is 0 Å². The number of aryl methyl sites for hydroxylation is 2. The monoisotopic (exact) mass is 915 g/mol. The molecule has 2 atom stereocenters. The van der Waals surface area contributed by atoms with Gasteiger partial charge in [0.15, 0.2) is 0 Å². The van der Waals surface area contributed by atoms with Gasteiger partial charge in [0.1, 0.15) is 0 Å². The Bertz CT molecular complexity index is 1880. The predicted octanol–water partition coefficient (Wildman–Crippen LogP) is 15.4. The molecule has 4 heteroatoms. The first kappa shape index (κ1) is 39.7. The van der Waals surface area contributed by atoms with Gasteiger partial charge in [0.25, 0.3) is 0 Å². The van der Waals surface area contributed by atoms with Gasteiger partial charge in [-0.05, 0) is 0 Å². The van der Waals surface area contributed by atoms with Gasteiger partial charge in [0, 0.05) is 0 Å². The van der Waals surface area contributed by atoms with Crippen molar-refractivity contribution in [2.75, 3.05) is 0 Å². The van der Waals surface area contributed by atoms with Crippen molar-refractivity contribution in [3.63, 3.8) is 0 Å². The number of halogens is 2. The summed E-state index contributed by atoms with van der Waals surface area (Å²) in [6.45, 7) is 23.8. The normalized spacial score (nSPS) is 18.1. The molecule has 0 N–H and O–H groups in total. The third-order valence-corrected chi connectivity index (χ3v) is 84.7. The average Bonchev–Trinajstić information content (AvgIpc) is 3.72. The van der Waals surface area contributed by atoms with Crippen LogP contribution < -0.4 is 0 Å². The van der Waals surface area contributed by atoms with Crippen LogP contribution in [0.2, 0.25) is 13.1 Å². The fourth-order valence-corrected chi connectivity index (χ4v) is 53.9. The van der Waals surface area contributed by atoms with Gasteiger partial charge in [-0.15, -0.1) is 0 Å². The summed E-state index contributed by atoms with van der Waals surface area (Å²) in [5, 5.41) is 0. The SMILES string of the molecule is CCCCc1ccccc1-c1cccc2c1C=C(C(C)(C)C)[CH]2[Hf]([Cl])([Cl])([CH]1C(C(C)(C)C)=Cc2c(-c3ccccc3CCCC)cccc21)[SiH](C)C. The zero-order valence-corrected chi connectivity index (χ0v) is 39.7. The summed E-state index contributed by atoms with van der Waals surface area (Å²) in [5.41, 5.74) is 16.3. The molecule has 0 aromatic heterocycles. The summed E-state index contributed by atoms with van der Waals surface area (Å²) in [6.07, 6.45) is 12.0. The van der Waals surface area contributed by atoms with E-state index in [1.54, 1.807) is 0 Å². The van der Waals surface area contributed by atoms with Crippen LogP contribution in [0.4, 0.5) is 0 Å². The van der Waals surface area contributed by atoms with Crippen LogP contribution in [0.3, 0.4) is 0 Å². The van der Waals surface area contributed by atoms with E-state index in [2.05, 4.69) is 166 Å². The zero-order chi connectivity index (χ0) is 37.7. The van der Waals surface area contributed by atoms with Gasteiger partial charge >= 0.3 is 327 Å². The molecule has 6 rings (SSSR count). The van der Waals surface area contributed by atoms with Gasteiger partial charge in [-0.3, -0.25) is 0 Å². The molecule has 0 fully saturated rings. The second-order valence-corrected chi connectivity index (χ2v) is 77.4. The topological polar surface area (TPSA) is 0 Å². The summed E-state index contributed by atoms with van der Waals surface area (Å²) in [7, 11) is 17.9. The maximum atomic E-state index is 8.96. The van der Waals surface area contributed by atoms with Crippen molar-refractivity contribution in [1.29, 1.82) is 0 Å². The van der Waals surface area contributed by atoms with Crippen molar-refractivity contribution in [3.05, 3.63) is 129 Å². The van der Waals surface area contributed by atoms with Crippen molar-refractivity contribution in [2.24, 2.45) is 10.8 Å². The van der Waals surface area contributed by atoms with E-state index in [4.69, 9.17) is 17.2 Å². The summed E-state index contributed by atoms with van der Waals surface area (Å²) in [5.74, 6) is -1.72. The standard InChI is InChI=1S/2C23H27.C2H7Si.2ClH.Hf/c2*1-5-6-10-17-11-7-8-13-20(17)21-14-9-12-18-15-19(16-22(18)21)23(2,3)4;1-3-2;;;/h2*7-9,11-16H,5-6,10H2,1-4H3;3H,1-2H3;2*1H;/q;;;;;+2/p-2. The molecule has 4 aromatic carbocycles. The first-order valence-electron chi connectivity index (χ1n) is 20.0. The molecular weight excluding hydrogens is 854 g/mol. The molecule has 0 heterocycles. The van der Waals surface area contributed by atoms with E-state index < -0.39 is 21.3 Å². The fourth-order valence-electron chi connectivity index (χ4n) is 9.33. The van der Waals surface area contributed by atoms with Crippen molar-refractivity contribution in [1.82, 2.24) is 0 Å². The number of hydrogen-bond donors (Lipinski definition) is 0. The molecule has 0 aliphatic heterocycles. The van der Waals surface area contributed by atoms with E-state index in [1.807, 2.05) is 0 Å². The van der Waals surface area contributed by atoms with E-state index in [0.717, 1.165) is 12.8 Å². The number of fused-ring (bicyclic) bond motifs is 2. The second-order valence-electron chi connectivity index (χ2n) is 18.1. The van der Waals surface area contributed by atoms with Crippen molar-refractivity contribution < 1.29 is 15.3 Å². The summed E-state index contributed by atoms with van der Waals surface area (Å²) in [4.78, 5) is 0. The molecule has 0 amide bonds. The molecule has 2 aliphatic carbocycles. The first-order chi connectivity index (χ1) is 24.5. The Morgan fingerprint density at radius 3 is 1.25 bits per heavy atom. The molecular formula is C48H61Cl2HfSi. The Morgan fingerprint density at radius 1 is 0.538 bits per heavy atom. The number of hydrogen-bond acceptors (Lipinski definition) is 0. The van der Waals surface area contributed by atoms with E-state index in [-0.39, 0.29) is 18.2 Å². The Morgan fingerprint density at radius 2 is 0.904 bits per heavy atom. The van der Waals surface area contributed by atoms with Crippen LogP contribution in [0.25, 0.3) is 34.4 Å². The quantitative estimate of drug-likeness (QED) is 0.132. The number of allylic oxidation sites excluding steroid dienone is 2. The van der Waals surface area contributed by atoms with Crippen LogP contribution in [0.1, 0.15) is 122 Å². The predicted molar refractivity (Wildman–Crippen MR) is 232 cm³/mol. The molecule has 0 saturated carbocycles. The van der Waals surface area contributed by atoms with Crippen LogP contribution in [0, 0.1) is 10.8 Å². The fraction of sp³-hybridized carbons (Fsp3) is 0.417. The van der Waals surface area contributed by atoms with Crippen molar-refractivity contribution in [3.8, 4) is 22.3 Å². The van der Waals surface area contributed by atoms with Crippen LogP contribution >= 0.6 is 17.2 Å². The summed E-state index contributed by atoms with van der Waals surface area (Å²) >= 11 is -5.20. The van der Waals surface area contributed by atoms with Crippen LogP contribution in [0.5, 0.6) is 0 Å². The second kappa shape index (κ2) is 14.9. The first-order valence-corrected chi connectivity index (χ1v) is 42.1. The van der Waals surface area contributed by atoms with Gasteiger partial charge in [-0.1, -0.05) is 0 Å². The number of benzene rings is 4. The van der Waals surface area contributed by atoms with Crippen LogP contribution in [-0.2, 0) is 28.1 Å². The van der Waals surface area contributed by atoms with Crippen molar-refractivity contribution >= 4 is 35.3 Å². The van der Waals surface area contributed by atoms with Gasteiger partial charge in [-0.2, -0.15) is 0 Å². The minimum absolute atomic E-state index is 0.0481. The zero-order valence-electron chi connectivity index (χ0n) is 33.5. The third kappa shape index (κ3) is 6.90. The molecule has 0 bridgehead atoms. The van der Waals surface area contributed by atoms with E-state index in [0.29, 0.717) is 0 Å². The van der Waals surface area contributed by atoms with E-state index in [1.165, 1.54) is 92.5 Å². The Labute approximate surface area is 325 Å². The van der Waals surface area contributed by atoms with Gasteiger partial charge < -0.3 is 0 Å². The van der Waals surface area contributed by atoms with Gasteiger partial charge in [-0.25, -0.2) is 0 Å². The Kier molecular flexibility index (Phi) is 11.4. The molecule has 52 heavy (non-hydrogen) atoms. The molecule has 2 aliphatic rings. The van der Waals surface area contributed by atoms with E-state index >= 15 is 0 Å². The molecule has 2 unspecified atom stereocenters. The molecule has 0 saturated heterocycles. The van der Waals surface area contributed by atoms with Gasteiger partial charge in [0.05, 0.1) is 0 Å². The Hall–Kier alpha value is -1.97. The Balaban J connectivity index is 1.63. The molecule has 0 radical (unpaired) electrons.